The number of hydrogen-bond donors (Lipinski definition) is 3. The second-order valence-corrected chi connectivity index (χ2v) is 6.93. The molecule has 10 nitrogen and oxygen atoms in total. The summed E-state index contributed by atoms with van der Waals surface area (Å²) in [6.45, 7) is 2.71. The Balaban J connectivity index is 3.04. The molecular formula is C8H14N6O4S2. The van der Waals surface area contributed by atoms with Crippen LogP contribution in [0.15, 0.2) is 9.50 Å². The Labute approximate surface area is 119 Å². The zero-order valence-corrected chi connectivity index (χ0v) is 12.6. The molecule has 4 N–H and O–H groups in total. The van der Waals surface area contributed by atoms with Gasteiger partial charge in [-0.25, -0.2) is 8.42 Å². The number of rotatable bonds is 5. The second kappa shape index (κ2) is 6.11. The quantitative estimate of drug-likeness (QED) is 0.212. The highest BCUT2D eigenvalue weighted by molar-refractivity contribution is 7.91. The number of nitrogens with two attached hydrogens (primary N) is 1. The molecule has 1 aromatic rings. The third kappa shape index (κ3) is 3.40. The van der Waals surface area contributed by atoms with Crippen molar-refractivity contribution < 1.29 is 18.4 Å². The van der Waals surface area contributed by atoms with Gasteiger partial charge in [0.25, 0.3) is 10.0 Å². The van der Waals surface area contributed by atoms with Gasteiger partial charge in [-0.1, -0.05) is 16.5 Å². The van der Waals surface area contributed by atoms with E-state index < -0.39 is 16.1 Å². The van der Waals surface area contributed by atoms with Gasteiger partial charge < -0.3 is 16.3 Å². The Bertz CT molecular complexity index is 625. The highest BCUT2D eigenvalue weighted by Crippen LogP contribution is 2.23. The maximum absolute atomic E-state index is 12.2. The molecule has 0 fully saturated rings. The number of likely N-dealkylation sites (N-methyl/N-ethyl adjacent to an activating group) is 1. The molecule has 0 bridgehead atoms. The molecule has 1 aromatic heterocycles. The summed E-state index contributed by atoms with van der Waals surface area (Å²) >= 11 is 0.706. The monoisotopic (exact) mass is 322 g/mol. The predicted octanol–water partition coefficient (Wildman–Crippen LogP) is -0.748. The van der Waals surface area contributed by atoms with Gasteiger partial charge in [-0.05, 0) is 6.92 Å². The van der Waals surface area contributed by atoms with E-state index in [1.54, 1.807) is 0 Å². The van der Waals surface area contributed by atoms with Crippen LogP contribution in [0.3, 0.4) is 0 Å². The fourth-order valence-electron chi connectivity index (χ4n) is 1.12. The van der Waals surface area contributed by atoms with Crippen LogP contribution in [0, 0.1) is 0 Å². The van der Waals surface area contributed by atoms with Crippen molar-refractivity contribution in [2.75, 3.05) is 12.4 Å². The summed E-state index contributed by atoms with van der Waals surface area (Å²) in [5.41, 5.74) is 5.37. The number of amidine groups is 1. The van der Waals surface area contributed by atoms with Crippen molar-refractivity contribution in [3.63, 3.8) is 0 Å². The van der Waals surface area contributed by atoms with E-state index in [0.717, 1.165) is 4.31 Å². The average Bonchev–Trinajstić information content (AvgIpc) is 2.84. The first-order chi connectivity index (χ1) is 9.20. The first kappa shape index (κ1) is 16.3. The molecule has 12 heteroatoms. The zero-order valence-electron chi connectivity index (χ0n) is 10.9. The number of carbonyl (C=O) groups is 1. The van der Waals surface area contributed by atoms with Gasteiger partial charge >= 0.3 is 0 Å². The van der Waals surface area contributed by atoms with Gasteiger partial charge in [-0.2, -0.15) is 4.31 Å². The van der Waals surface area contributed by atoms with E-state index in [1.807, 2.05) is 0 Å². The lowest BCUT2D eigenvalue weighted by molar-refractivity contribution is -0.114. The van der Waals surface area contributed by atoms with E-state index in [2.05, 4.69) is 20.7 Å². The first-order valence-electron chi connectivity index (χ1n) is 5.26. The molecule has 1 amide bonds. The molecule has 0 aliphatic rings. The number of carbonyl (C=O) groups excluding carboxylic acids is 1. The molecule has 20 heavy (non-hydrogen) atoms. The van der Waals surface area contributed by atoms with Crippen LogP contribution < -0.4 is 11.1 Å². The molecule has 0 saturated carbocycles. The smallest absolute Gasteiger partial charge is 0.272 e. The minimum atomic E-state index is -3.95. The van der Waals surface area contributed by atoms with E-state index in [-0.39, 0.29) is 21.2 Å². The second-order valence-electron chi connectivity index (χ2n) is 3.78. The van der Waals surface area contributed by atoms with Crippen molar-refractivity contribution in [3.8, 4) is 0 Å². The van der Waals surface area contributed by atoms with E-state index >= 15 is 0 Å². The summed E-state index contributed by atoms with van der Waals surface area (Å²) in [6, 6.07) is -0.863. The SMILES string of the molecule is CC(=O)Nc1nnc(S(=O)(=O)N(C)C(C)C(N)=NO)s1. The minimum Gasteiger partial charge on any atom is -0.409 e. The van der Waals surface area contributed by atoms with E-state index in [4.69, 9.17) is 10.9 Å². The van der Waals surface area contributed by atoms with Crippen molar-refractivity contribution in [2.24, 2.45) is 10.9 Å². The van der Waals surface area contributed by atoms with Crippen LogP contribution in [0.1, 0.15) is 13.8 Å². The molecule has 0 aliphatic carbocycles. The lowest BCUT2D eigenvalue weighted by Gasteiger charge is -2.21. The Kier molecular flexibility index (Phi) is 4.97. The van der Waals surface area contributed by atoms with E-state index in [9.17, 15) is 13.2 Å². The number of anilines is 1. The molecule has 0 aromatic carbocycles. The van der Waals surface area contributed by atoms with Gasteiger partial charge in [-0.3, -0.25) is 4.79 Å². The third-order valence-corrected chi connectivity index (χ3v) is 5.49. The number of oxime groups is 1. The number of hydrogen-bond acceptors (Lipinski definition) is 8. The van der Waals surface area contributed by atoms with Gasteiger partial charge in [0.2, 0.25) is 15.4 Å². The van der Waals surface area contributed by atoms with Crippen LogP contribution in [-0.4, -0.2) is 53.0 Å². The van der Waals surface area contributed by atoms with Gasteiger partial charge in [0.1, 0.15) is 0 Å². The Morgan fingerprint density at radius 2 is 2.15 bits per heavy atom. The molecule has 0 aliphatic heterocycles. The summed E-state index contributed by atoms with van der Waals surface area (Å²) in [7, 11) is -2.69. The highest BCUT2D eigenvalue weighted by atomic mass is 32.2. The van der Waals surface area contributed by atoms with Crippen LogP contribution in [0.5, 0.6) is 0 Å². The molecule has 0 saturated heterocycles. The van der Waals surface area contributed by atoms with Crippen molar-refractivity contribution in [3.05, 3.63) is 0 Å². The largest absolute Gasteiger partial charge is 0.409 e. The molecule has 1 heterocycles. The van der Waals surface area contributed by atoms with E-state index in [0.29, 0.717) is 11.3 Å². The molecule has 0 radical (unpaired) electrons. The molecule has 112 valence electrons. The van der Waals surface area contributed by atoms with Crippen LogP contribution in [0.25, 0.3) is 0 Å². The normalized spacial score (nSPS) is 14.3. The Morgan fingerprint density at radius 3 is 2.65 bits per heavy atom. The maximum Gasteiger partial charge on any atom is 0.272 e. The molecular weight excluding hydrogens is 308 g/mol. The van der Waals surface area contributed by atoms with Crippen molar-refractivity contribution in [1.29, 1.82) is 0 Å². The van der Waals surface area contributed by atoms with Crippen LogP contribution in [-0.2, 0) is 14.8 Å². The summed E-state index contributed by atoms with van der Waals surface area (Å²) in [5, 5.41) is 20.8. The van der Waals surface area contributed by atoms with Gasteiger partial charge in [0.15, 0.2) is 5.84 Å². The lowest BCUT2D eigenvalue weighted by atomic mass is 10.3. The van der Waals surface area contributed by atoms with Gasteiger partial charge in [0.05, 0.1) is 6.04 Å². The van der Waals surface area contributed by atoms with Gasteiger partial charge in [-0.15, -0.1) is 10.2 Å². The van der Waals surface area contributed by atoms with E-state index in [1.165, 1.54) is 20.9 Å². The molecule has 1 unspecified atom stereocenters. The standard InChI is InChI=1S/C8H14N6O4S2/c1-4(6(9)13-16)14(3)20(17,18)8-12-11-7(19-8)10-5(2)15/h4,16H,1-3H3,(H2,9,13)(H,10,11,15). The van der Waals surface area contributed by atoms with Crippen LogP contribution in [0.4, 0.5) is 5.13 Å². The number of nitrogens with zero attached hydrogens (tertiary/aromatic N) is 4. The average molecular weight is 322 g/mol. The summed E-state index contributed by atoms with van der Waals surface area (Å²) in [5.74, 6) is -0.647. The fraction of sp³-hybridized carbons (Fsp3) is 0.500. The number of sulfonamides is 1. The zero-order chi connectivity index (χ0) is 15.5. The Morgan fingerprint density at radius 1 is 1.55 bits per heavy atom. The number of aromatic nitrogens is 2. The number of nitrogens with one attached hydrogen (secondary N) is 1. The highest BCUT2D eigenvalue weighted by Gasteiger charge is 2.31. The predicted molar refractivity (Wildman–Crippen MR) is 72.0 cm³/mol. The minimum absolute atomic E-state index is 0.0703. The molecule has 1 atom stereocenters. The fourth-order valence-corrected chi connectivity index (χ4v) is 3.57. The van der Waals surface area contributed by atoms with Crippen LogP contribution in [0.2, 0.25) is 0 Å². The van der Waals surface area contributed by atoms with Crippen molar-refractivity contribution in [2.45, 2.75) is 24.2 Å². The Hall–Kier alpha value is -1.79. The van der Waals surface area contributed by atoms with Crippen molar-refractivity contribution >= 4 is 38.2 Å². The maximum atomic E-state index is 12.2. The summed E-state index contributed by atoms with van der Waals surface area (Å²) in [6.07, 6.45) is 0. The summed E-state index contributed by atoms with van der Waals surface area (Å²) in [4.78, 5) is 10.9. The third-order valence-electron chi connectivity index (χ3n) is 2.38. The topological polar surface area (TPSA) is 151 Å². The summed E-state index contributed by atoms with van der Waals surface area (Å²) < 4.78 is 25.0. The van der Waals surface area contributed by atoms with Crippen molar-refractivity contribution in [1.82, 2.24) is 14.5 Å². The number of amides is 1. The first-order valence-corrected chi connectivity index (χ1v) is 7.52. The molecule has 1 rings (SSSR count). The molecule has 0 spiro atoms. The lowest BCUT2D eigenvalue weighted by Crippen LogP contribution is -2.43. The van der Waals surface area contributed by atoms with Gasteiger partial charge in [0, 0.05) is 14.0 Å². The van der Waals surface area contributed by atoms with Crippen LogP contribution >= 0.6 is 11.3 Å².